The number of nitrogens with two attached hydrogens (primary N) is 1. The summed E-state index contributed by atoms with van der Waals surface area (Å²) < 4.78 is 0. The van der Waals surface area contributed by atoms with Gasteiger partial charge >= 0.3 is 6.03 Å². The molecule has 1 rings (SSSR count). The number of carbonyl (C=O) groups excluding carboxylic acids is 1. The first-order valence-electron chi connectivity index (χ1n) is 3.56. The standard InChI is InChI=1S/C8H9N3O2/c9-8(13)11-10-5-6-3-1-2-4-7(6)12/h1-5,12H,(H3,9,11,13)/b10-5-. The number of hydrogen-bond acceptors (Lipinski definition) is 3. The number of rotatable bonds is 2. The maximum atomic E-state index is 10.2. The number of phenolic OH excluding ortho intramolecular Hbond substituents is 1. The number of aromatic hydroxyl groups is 1. The van der Waals surface area contributed by atoms with E-state index in [4.69, 9.17) is 5.73 Å². The maximum Gasteiger partial charge on any atom is 0.332 e. The van der Waals surface area contributed by atoms with Crippen LogP contribution in [-0.2, 0) is 0 Å². The van der Waals surface area contributed by atoms with Crippen LogP contribution in [0.25, 0.3) is 0 Å². The van der Waals surface area contributed by atoms with E-state index in [1.807, 2.05) is 5.43 Å². The Balaban J connectivity index is 2.68. The van der Waals surface area contributed by atoms with Crippen LogP contribution in [0.5, 0.6) is 5.75 Å². The van der Waals surface area contributed by atoms with E-state index in [-0.39, 0.29) is 5.75 Å². The van der Waals surface area contributed by atoms with Gasteiger partial charge in [0.2, 0.25) is 0 Å². The van der Waals surface area contributed by atoms with Crippen LogP contribution < -0.4 is 11.2 Å². The molecular weight excluding hydrogens is 170 g/mol. The molecule has 5 nitrogen and oxygen atoms in total. The van der Waals surface area contributed by atoms with Crippen LogP contribution in [0.4, 0.5) is 4.79 Å². The first-order chi connectivity index (χ1) is 6.20. The highest BCUT2D eigenvalue weighted by Crippen LogP contribution is 2.12. The molecule has 1 aromatic rings. The molecule has 0 spiro atoms. The second kappa shape index (κ2) is 4.10. The van der Waals surface area contributed by atoms with Crippen molar-refractivity contribution in [3.63, 3.8) is 0 Å². The summed E-state index contributed by atoms with van der Waals surface area (Å²) >= 11 is 0. The van der Waals surface area contributed by atoms with E-state index in [9.17, 15) is 9.90 Å². The largest absolute Gasteiger partial charge is 0.507 e. The lowest BCUT2D eigenvalue weighted by atomic mass is 10.2. The number of hydrogen-bond donors (Lipinski definition) is 3. The van der Waals surface area contributed by atoms with Crippen LogP contribution in [0.15, 0.2) is 29.4 Å². The Labute approximate surface area is 74.9 Å². The molecule has 0 saturated carbocycles. The lowest BCUT2D eigenvalue weighted by molar-refractivity contribution is 0.249. The van der Waals surface area contributed by atoms with E-state index in [0.29, 0.717) is 5.56 Å². The van der Waals surface area contributed by atoms with Crippen LogP contribution in [0.3, 0.4) is 0 Å². The third-order valence-corrected chi connectivity index (χ3v) is 1.32. The van der Waals surface area contributed by atoms with E-state index in [0.717, 1.165) is 0 Å². The molecule has 2 amide bonds. The Morgan fingerprint density at radius 3 is 2.85 bits per heavy atom. The highest BCUT2D eigenvalue weighted by molar-refractivity contribution is 5.84. The van der Waals surface area contributed by atoms with Crippen LogP contribution in [-0.4, -0.2) is 17.4 Å². The summed E-state index contributed by atoms with van der Waals surface area (Å²) in [7, 11) is 0. The van der Waals surface area contributed by atoms with Gasteiger partial charge in [-0.1, -0.05) is 12.1 Å². The lowest BCUT2D eigenvalue weighted by Gasteiger charge is -1.96. The molecule has 0 aromatic heterocycles. The number of hydrazone groups is 1. The summed E-state index contributed by atoms with van der Waals surface area (Å²) in [5.41, 5.74) is 7.30. The van der Waals surface area contributed by atoms with Gasteiger partial charge in [-0.2, -0.15) is 5.10 Å². The SMILES string of the molecule is NC(=O)N/N=C\c1ccccc1O. The highest BCUT2D eigenvalue weighted by Gasteiger charge is 1.94. The molecule has 0 fully saturated rings. The van der Waals surface area contributed by atoms with E-state index in [1.54, 1.807) is 18.2 Å². The molecule has 0 aliphatic rings. The minimum atomic E-state index is -0.744. The fourth-order valence-corrected chi connectivity index (χ4v) is 0.762. The molecule has 0 heterocycles. The molecule has 0 atom stereocenters. The molecule has 1 aromatic carbocycles. The Hall–Kier alpha value is -2.04. The van der Waals surface area contributed by atoms with Crippen molar-refractivity contribution in [1.29, 1.82) is 0 Å². The maximum absolute atomic E-state index is 10.2. The molecule has 0 radical (unpaired) electrons. The number of para-hydroxylation sites is 1. The molecule has 0 aliphatic heterocycles. The van der Waals surface area contributed by atoms with Gasteiger partial charge in [-0.05, 0) is 12.1 Å². The number of nitrogens with zero attached hydrogens (tertiary/aromatic N) is 1. The summed E-state index contributed by atoms with van der Waals surface area (Å²) in [4.78, 5) is 10.2. The third kappa shape index (κ3) is 2.82. The number of carbonyl (C=O) groups is 1. The molecule has 0 aliphatic carbocycles. The molecule has 0 saturated heterocycles. The molecule has 68 valence electrons. The normalized spacial score (nSPS) is 10.2. The number of urea groups is 1. The van der Waals surface area contributed by atoms with Gasteiger partial charge in [-0.15, -0.1) is 0 Å². The van der Waals surface area contributed by atoms with Crippen LogP contribution in [0.2, 0.25) is 0 Å². The summed E-state index contributed by atoms with van der Waals surface area (Å²) in [5, 5.41) is 12.7. The second-order valence-corrected chi connectivity index (χ2v) is 2.29. The summed E-state index contributed by atoms with van der Waals surface area (Å²) in [5.74, 6) is 0.0949. The summed E-state index contributed by atoms with van der Waals surface area (Å²) in [6.45, 7) is 0. The monoisotopic (exact) mass is 179 g/mol. The summed E-state index contributed by atoms with van der Waals surface area (Å²) in [6.07, 6.45) is 1.31. The average Bonchev–Trinajstić information content (AvgIpc) is 2.08. The van der Waals surface area contributed by atoms with E-state index >= 15 is 0 Å². The van der Waals surface area contributed by atoms with E-state index in [2.05, 4.69) is 5.10 Å². The fraction of sp³-hybridized carbons (Fsp3) is 0. The second-order valence-electron chi connectivity index (χ2n) is 2.29. The number of phenols is 1. The molecule has 0 unspecified atom stereocenters. The molecule has 5 heteroatoms. The van der Waals surface area contributed by atoms with Gasteiger partial charge in [0.05, 0.1) is 6.21 Å². The van der Waals surface area contributed by atoms with Gasteiger partial charge in [-0.25, -0.2) is 10.2 Å². The van der Waals surface area contributed by atoms with Gasteiger partial charge in [0.15, 0.2) is 0 Å². The zero-order valence-electron chi connectivity index (χ0n) is 6.77. The lowest BCUT2D eigenvalue weighted by Crippen LogP contribution is -2.24. The molecular formula is C8H9N3O2. The first-order valence-corrected chi connectivity index (χ1v) is 3.56. The van der Waals surface area contributed by atoms with Crippen LogP contribution in [0.1, 0.15) is 5.56 Å². The van der Waals surface area contributed by atoms with Crippen molar-refractivity contribution < 1.29 is 9.90 Å². The number of nitrogens with one attached hydrogen (secondary N) is 1. The van der Waals surface area contributed by atoms with Crippen LogP contribution >= 0.6 is 0 Å². The minimum absolute atomic E-state index is 0.0949. The predicted molar refractivity (Wildman–Crippen MR) is 48.4 cm³/mol. The van der Waals surface area contributed by atoms with E-state index < -0.39 is 6.03 Å². The molecule has 4 N–H and O–H groups in total. The highest BCUT2D eigenvalue weighted by atomic mass is 16.3. The van der Waals surface area contributed by atoms with Crippen molar-refractivity contribution in [2.24, 2.45) is 10.8 Å². The zero-order chi connectivity index (χ0) is 9.68. The van der Waals surface area contributed by atoms with Gasteiger partial charge in [-0.3, -0.25) is 0 Å². The Morgan fingerprint density at radius 2 is 2.23 bits per heavy atom. The summed E-state index contributed by atoms with van der Waals surface area (Å²) in [6, 6.07) is 5.86. The van der Waals surface area contributed by atoms with E-state index in [1.165, 1.54) is 12.3 Å². The van der Waals surface area contributed by atoms with Gasteiger partial charge in [0.25, 0.3) is 0 Å². The van der Waals surface area contributed by atoms with Crippen molar-refractivity contribution in [3.05, 3.63) is 29.8 Å². The Bertz CT molecular complexity index is 336. The van der Waals surface area contributed by atoms with Crippen molar-refractivity contribution >= 4 is 12.2 Å². The fourth-order valence-electron chi connectivity index (χ4n) is 0.762. The number of amides is 2. The van der Waals surface area contributed by atoms with Gasteiger partial charge < -0.3 is 10.8 Å². The minimum Gasteiger partial charge on any atom is -0.507 e. The van der Waals surface area contributed by atoms with Crippen LogP contribution in [0, 0.1) is 0 Å². The predicted octanol–water partition coefficient (Wildman–Crippen LogP) is 0.394. The quantitative estimate of drug-likeness (QED) is 0.453. The van der Waals surface area contributed by atoms with Crippen molar-refractivity contribution in [1.82, 2.24) is 5.43 Å². The van der Waals surface area contributed by atoms with Crippen molar-refractivity contribution in [2.45, 2.75) is 0 Å². The smallest absolute Gasteiger partial charge is 0.332 e. The van der Waals surface area contributed by atoms with Crippen molar-refractivity contribution in [2.75, 3.05) is 0 Å². The topological polar surface area (TPSA) is 87.7 Å². The number of benzene rings is 1. The van der Waals surface area contributed by atoms with Crippen molar-refractivity contribution in [3.8, 4) is 5.75 Å². The van der Waals surface area contributed by atoms with Gasteiger partial charge in [0.1, 0.15) is 5.75 Å². The molecule has 0 bridgehead atoms. The average molecular weight is 179 g/mol. The number of primary amides is 1. The molecule has 13 heavy (non-hydrogen) atoms. The zero-order valence-corrected chi connectivity index (χ0v) is 6.77. The third-order valence-electron chi connectivity index (χ3n) is 1.32. The van der Waals surface area contributed by atoms with Gasteiger partial charge in [0, 0.05) is 5.56 Å². The Morgan fingerprint density at radius 1 is 1.54 bits per heavy atom. The first kappa shape index (κ1) is 9.05. The Kier molecular flexibility index (Phi) is 2.86.